The van der Waals surface area contributed by atoms with E-state index in [2.05, 4.69) is 10.5 Å². The number of esters is 1. The molecule has 3 rings (SSSR count). The number of alkyl halides is 3. The van der Waals surface area contributed by atoms with Crippen LogP contribution in [-0.4, -0.2) is 17.0 Å². The van der Waals surface area contributed by atoms with Gasteiger partial charge in [0.1, 0.15) is 0 Å². The van der Waals surface area contributed by atoms with E-state index in [4.69, 9.17) is 9.26 Å². The summed E-state index contributed by atoms with van der Waals surface area (Å²) in [4.78, 5) is 25.0. The highest BCUT2D eigenvalue weighted by atomic mass is 19.4. The highest BCUT2D eigenvalue weighted by Crippen LogP contribution is 2.31. The van der Waals surface area contributed by atoms with E-state index in [1.165, 1.54) is 18.2 Å². The summed E-state index contributed by atoms with van der Waals surface area (Å²) >= 11 is 0. The Balaban J connectivity index is 1.84. The van der Waals surface area contributed by atoms with E-state index < -0.39 is 29.7 Å². The van der Waals surface area contributed by atoms with Crippen molar-refractivity contribution >= 4 is 17.6 Å². The van der Waals surface area contributed by atoms with Crippen LogP contribution in [0.5, 0.6) is 0 Å². The van der Waals surface area contributed by atoms with E-state index in [0.29, 0.717) is 11.3 Å². The van der Waals surface area contributed by atoms with Gasteiger partial charge < -0.3 is 14.6 Å². The van der Waals surface area contributed by atoms with Gasteiger partial charge >= 0.3 is 12.1 Å². The minimum atomic E-state index is -4.56. The number of aromatic nitrogens is 1. The zero-order valence-electron chi connectivity index (χ0n) is 15.1. The van der Waals surface area contributed by atoms with E-state index in [0.717, 1.165) is 12.1 Å². The molecule has 0 saturated carbocycles. The Morgan fingerprint density at radius 1 is 1.07 bits per heavy atom. The van der Waals surface area contributed by atoms with Crippen molar-refractivity contribution < 1.29 is 32.0 Å². The summed E-state index contributed by atoms with van der Waals surface area (Å²) < 4.78 is 48.8. The van der Waals surface area contributed by atoms with Crippen molar-refractivity contribution in [2.45, 2.75) is 19.2 Å². The number of carbonyl (C=O) groups excluding carboxylic acids is 2. The van der Waals surface area contributed by atoms with E-state index in [1.807, 2.05) is 0 Å². The predicted molar refractivity (Wildman–Crippen MR) is 95.9 cm³/mol. The molecule has 1 atom stereocenters. The maximum atomic E-state index is 12.9. The van der Waals surface area contributed by atoms with Gasteiger partial charge in [0.25, 0.3) is 5.91 Å². The maximum absolute atomic E-state index is 12.9. The number of anilines is 1. The summed E-state index contributed by atoms with van der Waals surface area (Å²) in [5.41, 5.74) is -0.221. The molecule has 9 heteroatoms. The largest absolute Gasteiger partial charge is 0.441 e. The molecule has 1 N–H and O–H groups in total. The minimum absolute atomic E-state index is 0.0858. The lowest BCUT2D eigenvalue weighted by atomic mass is 10.1. The van der Waals surface area contributed by atoms with E-state index in [1.54, 1.807) is 37.3 Å². The van der Waals surface area contributed by atoms with E-state index >= 15 is 0 Å². The molecule has 150 valence electrons. The number of amides is 1. The topological polar surface area (TPSA) is 81.4 Å². The van der Waals surface area contributed by atoms with Crippen molar-refractivity contribution in [3.05, 3.63) is 83.2 Å². The first-order chi connectivity index (χ1) is 13.7. The van der Waals surface area contributed by atoms with Crippen molar-refractivity contribution in [2.75, 3.05) is 5.32 Å². The lowest BCUT2D eigenvalue weighted by Gasteiger charge is -2.18. The fraction of sp³-hybridized carbons (Fsp3) is 0.150. The van der Waals surface area contributed by atoms with Crippen LogP contribution in [-0.2, 0) is 15.7 Å². The van der Waals surface area contributed by atoms with Crippen LogP contribution < -0.4 is 5.32 Å². The molecule has 2 aromatic carbocycles. The summed E-state index contributed by atoms with van der Waals surface area (Å²) in [5.74, 6) is -1.95. The average Bonchev–Trinajstić information content (AvgIpc) is 3.12. The number of rotatable bonds is 5. The van der Waals surface area contributed by atoms with Gasteiger partial charge in [0, 0.05) is 17.3 Å². The number of aryl methyl sites for hydroxylation is 1. The van der Waals surface area contributed by atoms with Crippen LogP contribution in [0.3, 0.4) is 0 Å². The fourth-order valence-corrected chi connectivity index (χ4v) is 2.51. The van der Waals surface area contributed by atoms with Gasteiger partial charge in [-0.15, -0.1) is 0 Å². The van der Waals surface area contributed by atoms with Gasteiger partial charge in [-0.3, -0.25) is 4.79 Å². The first kappa shape index (κ1) is 20.1. The van der Waals surface area contributed by atoms with E-state index in [9.17, 15) is 22.8 Å². The monoisotopic (exact) mass is 404 g/mol. The summed E-state index contributed by atoms with van der Waals surface area (Å²) in [5, 5.41) is 5.93. The summed E-state index contributed by atoms with van der Waals surface area (Å²) in [6, 6.07) is 13.6. The fourth-order valence-electron chi connectivity index (χ4n) is 2.51. The number of halogens is 3. The molecule has 0 bridgehead atoms. The quantitative estimate of drug-likeness (QED) is 0.632. The molecule has 1 amide bonds. The molecule has 3 aromatic rings. The molecule has 0 radical (unpaired) electrons. The molecule has 0 spiro atoms. The van der Waals surface area contributed by atoms with Crippen molar-refractivity contribution in [3.63, 3.8) is 0 Å². The summed E-state index contributed by atoms with van der Waals surface area (Å²) in [6.07, 6.45) is -5.97. The van der Waals surface area contributed by atoms with Gasteiger partial charge in [-0.25, -0.2) is 4.79 Å². The molecule has 0 aliphatic heterocycles. The number of ether oxygens (including phenoxy) is 1. The minimum Gasteiger partial charge on any atom is -0.441 e. The number of hydrogen-bond acceptors (Lipinski definition) is 5. The Morgan fingerprint density at radius 3 is 2.41 bits per heavy atom. The zero-order valence-corrected chi connectivity index (χ0v) is 15.1. The van der Waals surface area contributed by atoms with Crippen LogP contribution in [0.25, 0.3) is 0 Å². The molecule has 1 heterocycles. The Labute approximate surface area is 163 Å². The molecule has 0 aliphatic rings. The van der Waals surface area contributed by atoms with Crippen molar-refractivity contribution in [3.8, 4) is 0 Å². The molecule has 0 fully saturated rings. The van der Waals surface area contributed by atoms with Gasteiger partial charge in [-0.2, -0.15) is 13.2 Å². The Morgan fingerprint density at radius 2 is 1.79 bits per heavy atom. The highest BCUT2D eigenvalue weighted by molar-refractivity contribution is 5.97. The van der Waals surface area contributed by atoms with Crippen molar-refractivity contribution in [1.82, 2.24) is 5.16 Å². The molecule has 1 aromatic heterocycles. The predicted octanol–water partition coefficient (Wildman–Crippen LogP) is 4.54. The van der Waals surface area contributed by atoms with Crippen LogP contribution in [0.15, 0.2) is 65.2 Å². The van der Waals surface area contributed by atoms with Crippen molar-refractivity contribution in [2.24, 2.45) is 0 Å². The SMILES string of the molecule is Cc1cc(C(=O)O[C@H](C(=O)Nc2cccc(C(F)(F)F)c2)c2ccccc2)on1. The Bertz CT molecular complexity index is 1020. The van der Waals surface area contributed by atoms with Crippen LogP contribution in [0.1, 0.15) is 33.5 Å². The second-order valence-corrected chi connectivity index (χ2v) is 6.10. The molecule has 0 aliphatic carbocycles. The lowest BCUT2D eigenvalue weighted by Crippen LogP contribution is -2.26. The third-order valence-corrected chi connectivity index (χ3v) is 3.85. The molecule has 0 unspecified atom stereocenters. The Kier molecular flexibility index (Phi) is 5.67. The van der Waals surface area contributed by atoms with Gasteiger partial charge in [0.15, 0.2) is 0 Å². The number of nitrogens with zero attached hydrogens (tertiary/aromatic N) is 1. The molecular formula is C20H15F3N2O4. The number of benzene rings is 2. The second kappa shape index (κ2) is 8.17. The van der Waals surface area contributed by atoms with Gasteiger partial charge in [-0.05, 0) is 25.1 Å². The van der Waals surface area contributed by atoms with Crippen LogP contribution >= 0.6 is 0 Å². The lowest BCUT2D eigenvalue weighted by molar-refractivity contribution is -0.137. The molecule has 29 heavy (non-hydrogen) atoms. The zero-order chi connectivity index (χ0) is 21.0. The normalized spacial score (nSPS) is 12.3. The number of nitrogens with one attached hydrogen (secondary N) is 1. The van der Waals surface area contributed by atoms with Crippen LogP contribution in [0.2, 0.25) is 0 Å². The van der Waals surface area contributed by atoms with Crippen LogP contribution in [0, 0.1) is 6.92 Å². The summed E-state index contributed by atoms with van der Waals surface area (Å²) in [6.45, 7) is 1.61. The number of carbonyl (C=O) groups is 2. The van der Waals surface area contributed by atoms with Crippen LogP contribution in [0.4, 0.5) is 18.9 Å². The van der Waals surface area contributed by atoms with Gasteiger partial charge in [0.2, 0.25) is 11.9 Å². The number of hydrogen-bond donors (Lipinski definition) is 1. The molecule has 0 saturated heterocycles. The molecular weight excluding hydrogens is 389 g/mol. The molecule has 6 nitrogen and oxygen atoms in total. The average molecular weight is 404 g/mol. The first-order valence-electron chi connectivity index (χ1n) is 8.41. The summed E-state index contributed by atoms with van der Waals surface area (Å²) in [7, 11) is 0. The van der Waals surface area contributed by atoms with Gasteiger partial charge in [0.05, 0.1) is 11.3 Å². The van der Waals surface area contributed by atoms with E-state index in [-0.39, 0.29) is 11.4 Å². The van der Waals surface area contributed by atoms with Gasteiger partial charge in [-0.1, -0.05) is 41.6 Å². The first-order valence-corrected chi connectivity index (χ1v) is 8.41. The third-order valence-electron chi connectivity index (χ3n) is 3.85. The Hall–Kier alpha value is -3.62. The highest BCUT2D eigenvalue weighted by Gasteiger charge is 2.31. The van der Waals surface area contributed by atoms with Crippen molar-refractivity contribution in [1.29, 1.82) is 0 Å². The maximum Gasteiger partial charge on any atom is 0.416 e. The third kappa shape index (κ3) is 5.01. The standard InChI is InChI=1S/C20H15F3N2O4/c1-12-10-16(29-25-12)19(27)28-17(13-6-3-2-4-7-13)18(26)24-15-9-5-8-14(11-15)20(21,22)23/h2-11,17H,1H3,(H,24,26)/t17-/m0/s1. The second-order valence-electron chi connectivity index (χ2n) is 6.10. The smallest absolute Gasteiger partial charge is 0.416 e.